The number of halogens is 1. The lowest BCUT2D eigenvalue weighted by Crippen LogP contribution is -2.31. The Morgan fingerprint density at radius 1 is 1.19 bits per heavy atom. The van der Waals surface area contributed by atoms with E-state index in [0.717, 1.165) is 18.4 Å². The van der Waals surface area contributed by atoms with Gasteiger partial charge in [0, 0.05) is 18.2 Å². The molecule has 1 N–H and O–H groups in total. The van der Waals surface area contributed by atoms with Crippen molar-refractivity contribution in [2.24, 2.45) is 5.92 Å². The molecule has 0 radical (unpaired) electrons. The highest BCUT2D eigenvalue weighted by atomic mass is 19.1. The Bertz CT molecular complexity index is 472. The molecule has 1 aromatic carbocycles. The highest BCUT2D eigenvalue weighted by molar-refractivity contribution is 5.35. The predicted octanol–water partition coefficient (Wildman–Crippen LogP) is 4.43. The van der Waals surface area contributed by atoms with Gasteiger partial charge in [0.25, 0.3) is 0 Å². The Kier molecular flexibility index (Phi) is 4.79. The molecule has 3 heteroatoms. The first-order valence-electron chi connectivity index (χ1n) is 8.45. The summed E-state index contributed by atoms with van der Waals surface area (Å²) in [6, 6.07) is 5.90. The number of para-hydroxylation sites is 1. The number of nitrogens with one attached hydrogen (secondary N) is 1. The molecular formula is C18H26FNO. The van der Waals surface area contributed by atoms with Gasteiger partial charge in [0.2, 0.25) is 0 Å². The van der Waals surface area contributed by atoms with Crippen molar-refractivity contribution < 1.29 is 9.13 Å². The molecule has 3 rings (SSSR count). The molecule has 2 nitrogen and oxygen atoms in total. The van der Waals surface area contributed by atoms with E-state index in [2.05, 4.69) is 12.2 Å². The summed E-state index contributed by atoms with van der Waals surface area (Å²) in [7, 11) is 0. The van der Waals surface area contributed by atoms with Crippen LogP contribution < -0.4 is 10.1 Å². The number of hydrogen-bond acceptors (Lipinski definition) is 2. The third-order valence-electron chi connectivity index (χ3n) is 4.84. The van der Waals surface area contributed by atoms with E-state index in [1.54, 1.807) is 6.07 Å². The van der Waals surface area contributed by atoms with Gasteiger partial charge in [-0.25, -0.2) is 4.39 Å². The summed E-state index contributed by atoms with van der Waals surface area (Å²) >= 11 is 0. The number of benzene rings is 1. The Labute approximate surface area is 127 Å². The molecule has 0 aromatic heterocycles. The van der Waals surface area contributed by atoms with Crippen LogP contribution in [0.2, 0.25) is 0 Å². The first-order chi connectivity index (χ1) is 10.3. The third-order valence-corrected chi connectivity index (χ3v) is 4.84. The molecule has 2 aliphatic rings. The van der Waals surface area contributed by atoms with E-state index < -0.39 is 0 Å². The average Bonchev–Trinajstić information content (AvgIpc) is 3.32. The minimum atomic E-state index is -0.217. The van der Waals surface area contributed by atoms with Crippen molar-refractivity contribution in [1.82, 2.24) is 5.32 Å². The Balaban J connectivity index is 1.72. The van der Waals surface area contributed by atoms with Crippen LogP contribution in [0.4, 0.5) is 4.39 Å². The Morgan fingerprint density at radius 2 is 2.00 bits per heavy atom. The van der Waals surface area contributed by atoms with Gasteiger partial charge in [-0.2, -0.15) is 0 Å². The smallest absolute Gasteiger partial charge is 0.165 e. The van der Waals surface area contributed by atoms with Crippen molar-refractivity contribution in [2.45, 2.75) is 70.6 Å². The molecule has 2 aliphatic carbocycles. The van der Waals surface area contributed by atoms with E-state index in [-0.39, 0.29) is 11.9 Å². The zero-order valence-corrected chi connectivity index (χ0v) is 12.9. The summed E-state index contributed by atoms with van der Waals surface area (Å²) in [6.45, 7) is 2.92. The zero-order valence-electron chi connectivity index (χ0n) is 12.9. The van der Waals surface area contributed by atoms with Crippen molar-refractivity contribution in [1.29, 1.82) is 0 Å². The van der Waals surface area contributed by atoms with Gasteiger partial charge in [0.05, 0.1) is 0 Å². The van der Waals surface area contributed by atoms with Crippen LogP contribution in [0.15, 0.2) is 18.2 Å². The van der Waals surface area contributed by atoms with Crippen LogP contribution in [0, 0.1) is 11.7 Å². The topological polar surface area (TPSA) is 21.3 Å². The van der Waals surface area contributed by atoms with E-state index in [4.69, 9.17) is 4.74 Å². The molecule has 2 fully saturated rings. The van der Waals surface area contributed by atoms with Gasteiger partial charge >= 0.3 is 0 Å². The van der Waals surface area contributed by atoms with Crippen molar-refractivity contribution in [3.8, 4) is 5.75 Å². The second-order valence-electron chi connectivity index (χ2n) is 6.49. The summed E-state index contributed by atoms with van der Waals surface area (Å²) in [6.07, 6.45) is 8.54. The minimum absolute atomic E-state index is 0.181. The molecule has 0 heterocycles. The standard InChI is InChI=1S/C18H26FNO/c1-2-13-6-3-4-9-17(13)21-18-14(7-5-8-16(18)19)12-20-15-10-11-15/h5,7-8,13,15,17,20H,2-4,6,9-12H2,1H3. The molecule has 0 aliphatic heterocycles. The fourth-order valence-electron chi connectivity index (χ4n) is 3.31. The van der Waals surface area contributed by atoms with Gasteiger partial charge in [0.15, 0.2) is 11.6 Å². The molecule has 0 spiro atoms. The molecular weight excluding hydrogens is 265 g/mol. The van der Waals surface area contributed by atoms with Gasteiger partial charge < -0.3 is 10.1 Å². The summed E-state index contributed by atoms with van der Waals surface area (Å²) in [5, 5.41) is 3.46. The molecule has 1 aromatic rings. The summed E-state index contributed by atoms with van der Waals surface area (Å²) < 4.78 is 20.4. The number of rotatable bonds is 6. The zero-order chi connectivity index (χ0) is 14.7. The predicted molar refractivity (Wildman–Crippen MR) is 82.9 cm³/mol. The van der Waals surface area contributed by atoms with Crippen LogP contribution in [0.3, 0.4) is 0 Å². The first-order valence-corrected chi connectivity index (χ1v) is 8.45. The number of hydrogen-bond donors (Lipinski definition) is 1. The van der Waals surface area contributed by atoms with E-state index >= 15 is 0 Å². The maximum absolute atomic E-state index is 14.2. The van der Waals surface area contributed by atoms with Crippen LogP contribution in [0.1, 0.15) is 57.4 Å². The first kappa shape index (κ1) is 14.8. The van der Waals surface area contributed by atoms with Crippen LogP contribution in [-0.2, 0) is 6.54 Å². The largest absolute Gasteiger partial charge is 0.487 e. The monoisotopic (exact) mass is 291 g/mol. The molecule has 2 unspecified atom stereocenters. The Morgan fingerprint density at radius 3 is 2.76 bits per heavy atom. The lowest BCUT2D eigenvalue weighted by atomic mass is 9.84. The van der Waals surface area contributed by atoms with E-state index in [9.17, 15) is 4.39 Å². The lowest BCUT2D eigenvalue weighted by Gasteiger charge is -2.32. The number of ether oxygens (including phenoxy) is 1. The summed E-state index contributed by atoms with van der Waals surface area (Å²) in [5.41, 5.74) is 0.960. The van der Waals surface area contributed by atoms with Crippen molar-refractivity contribution >= 4 is 0 Å². The molecule has 0 amide bonds. The molecule has 0 saturated heterocycles. The van der Waals surface area contributed by atoms with E-state index in [1.807, 2.05) is 6.07 Å². The fourth-order valence-corrected chi connectivity index (χ4v) is 3.31. The normalized spacial score (nSPS) is 25.8. The maximum atomic E-state index is 14.2. The van der Waals surface area contributed by atoms with Gasteiger partial charge in [0.1, 0.15) is 6.10 Å². The molecule has 21 heavy (non-hydrogen) atoms. The Hall–Kier alpha value is -1.09. The molecule has 2 atom stereocenters. The van der Waals surface area contributed by atoms with Crippen LogP contribution in [-0.4, -0.2) is 12.1 Å². The summed E-state index contributed by atoms with van der Waals surface area (Å²) in [4.78, 5) is 0. The SMILES string of the molecule is CCC1CCCCC1Oc1c(F)cccc1CNC1CC1. The van der Waals surface area contributed by atoms with E-state index in [0.29, 0.717) is 24.3 Å². The summed E-state index contributed by atoms with van der Waals surface area (Å²) in [5.74, 6) is 0.837. The third kappa shape index (κ3) is 3.76. The van der Waals surface area contributed by atoms with Gasteiger partial charge in [-0.05, 0) is 50.5 Å². The van der Waals surface area contributed by atoms with Crippen LogP contribution in [0.25, 0.3) is 0 Å². The second-order valence-corrected chi connectivity index (χ2v) is 6.49. The van der Waals surface area contributed by atoms with Gasteiger partial charge in [-0.3, -0.25) is 0 Å². The average molecular weight is 291 g/mol. The highest BCUT2D eigenvalue weighted by Gasteiger charge is 2.27. The van der Waals surface area contributed by atoms with Crippen LogP contribution in [0.5, 0.6) is 5.75 Å². The van der Waals surface area contributed by atoms with Gasteiger partial charge in [-0.15, -0.1) is 0 Å². The second kappa shape index (κ2) is 6.78. The van der Waals surface area contributed by atoms with Gasteiger partial charge in [-0.1, -0.05) is 25.5 Å². The highest BCUT2D eigenvalue weighted by Crippen LogP contribution is 2.33. The molecule has 116 valence electrons. The van der Waals surface area contributed by atoms with Crippen molar-refractivity contribution in [3.05, 3.63) is 29.6 Å². The fraction of sp³-hybridized carbons (Fsp3) is 0.667. The van der Waals surface area contributed by atoms with E-state index in [1.165, 1.54) is 38.2 Å². The molecule has 0 bridgehead atoms. The van der Waals surface area contributed by atoms with Crippen molar-refractivity contribution in [2.75, 3.05) is 0 Å². The van der Waals surface area contributed by atoms with Crippen molar-refractivity contribution in [3.63, 3.8) is 0 Å². The maximum Gasteiger partial charge on any atom is 0.165 e. The molecule has 2 saturated carbocycles. The van der Waals surface area contributed by atoms with Crippen LogP contribution >= 0.6 is 0 Å². The minimum Gasteiger partial charge on any atom is -0.487 e. The lowest BCUT2D eigenvalue weighted by molar-refractivity contribution is 0.0851. The quantitative estimate of drug-likeness (QED) is 0.837.